The molecule has 1 N–H and O–H groups in total. The molecule has 3 rings (SSSR count). The lowest BCUT2D eigenvalue weighted by atomic mass is 9.77. The molecule has 1 aliphatic carbocycles. The number of carbonyl (C=O) groups is 1. The molecule has 0 unspecified atom stereocenters. The van der Waals surface area contributed by atoms with E-state index < -0.39 is 11.4 Å². The summed E-state index contributed by atoms with van der Waals surface area (Å²) in [6.45, 7) is 2.14. The maximum absolute atomic E-state index is 11.9. The fourth-order valence-corrected chi connectivity index (χ4v) is 3.67. The molecule has 0 bridgehead atoms. The number of benzene rings is 2. The molecule has 22 heavy (non-hydrogen) atoms. The van der Waals surface area contributed by atoms with Gasteiger partial charge in [-0.3, -0.25) is 4.79 Å². The summed E-state index contributed by atoms with van der Waals surface area (Å²) in [5.74, 6) is -0.673. The second-order valence-electron chi connectivity index (χ2n) is 6.19. The lowest BCUT2D eigenvalue weighted by Gasteiger charge is -2.25. The van der Waals surface area contributed by atoms with E-state index in [1.165, 1.54) is 16.7 Å². The summed E-state index contributed by atoms with van der Waals surface area (Å²) in [6.07, 6.45) is 4.46. The molecule has 0 aromatic heterocycles. The Morgan fingerprint density at radius 2 is 1.77 bits per heavy atom. The molecule has 0 heterocycles. The summed E-state index contributed by atoms with van der Waals surface area (Å²) in [5, 5.41) is 9.81. The largest absolute Gasteiger partial charge is 0.481 e. The number of aryl methyl sites for hydroxylation is 1. The molecule has 0 amide bonds. The summed E-state index contributed by atoms with van der Waals surface area (Å²) in [6, 6.07) is 16.5. The average molecular weight is 294 g/mol. The molecule has 1 saturated carbocycles. The molecule has 2 aromatic carbocycles. The molecule has 2 aromatic rings. The van der Waals surface area contributed by atoms with Crippen molar-refractivity contribution in [2.24, 2.45) is 0 Å². The Hall–Kier alpha value is -2.09. The van der Waals surface area contributed by atoms with Crippen LogP contribution in [0.3, 0.4) is 0 Å². The highest BCUT2D eigenvalue weighted by Crippen LogP contribution is 2.43. The first-order valence-corrected chi connectivity index (χ1v) is 8.09. The van der Waals surface area contributed by atoms with Gasteiger partial charge in [0.1, 0.15) is 0 Å². The van der Waals surface area contributed by atoms with Gasteiger partial charge in [0.25, 0.3) is 0 Å². The Kier molecular flexibility index (Phi) is 4.02. The van der Waals surface area contributed by atoms with Gasteiger partial charge < -0.3 is 5.11 Å². The van der Waals surface area contributed by atoms with E-state index in [0.717, 1.165) is 37.7 Å². The first-order valence-electron chi connectivity index (χ1n) is 8.09. The van der Waals surface area contributed by atoms with Gasteiger partial charge in [-0.2, -0.15) is 0 Å². The first-order chi connectivity index (χ1) is 10.7. The first kappa shape index (κ1) is 14.8. The van der Waals surface area contributed by atoms with Gasteiger partial charge in [0.2, 0.25) is 0 Å². The molecule has 0 atom stereocenters. The van der Waals surface area contributed by atoms with E-state index in [4.69, 9.17) is 0 Å². The monoisotopic (exact) mass is 294 g/mol. The smallest absolute Gasteiger partial charge is 0.314 e. The number of hydrogen-bond donors (Lipinski definition) is 1. The summed E-state index contributed by atoms with van der Waals surface area (Å²) in [7, 11) is 0. The van der Waals surface area contributed by atoms with E-state index >= 15 is 0 Å². The van der Waals surface area contributed by atoms with Crippen molar-refractivity contribution < 1.29 is 9.90 Å². The topological polar surface area (TPSA) is 37.3 Å². The molecular formula is C20H22O2. The minimum Gasteiger partial charge on any atom is -0.481 e. The van der Waals surface area contributed by atoms with Crippen molar-refractivity contribution in [1.82, 2.24) is 0 Å². The highest BCUT2D eigenvalue weighted by atomic mass is 16.4. The maximum Gasteiger partial charge on any atom is 0.314 e. The standard InChI is InChI=1S/C20H22O2/c1-2-15-10-11-17(20(19(21)22)12-6-7-13-20)14-18(15)16-8-4-3-5-9-16/h3-5,8-11,14H,2,6-7,12-13H2,1H3,(H,21,22). The zero-order chi connectivity index (χ0) is 15.6. The molecule has 2 heteroatoms. The van der Waals surface area contributed by atoms with Crippen molar-refractivity contribution >= 4 is 5.97 Å². The third-order valence-corrected chi connectivity index (χ3v) is 4.99. The van der Waals surface area contributed by atoms with Gasteiger partial charge in [0.15, 0.2) is 0 Å². The van der Waals surface area contributed by atoms with E-state index in [1.807, 2.05) is 24.3 Å². The minimum atomic E-state index is -0.685. The fourth-order valence-electron chi connectivity index (χ4n) is 3.67. The van der Waals surface area contributed by atoms with Crippen LogP contribution in [0, 0.1) is 0 Å². The molecule has 0 spiro atoms. The highest BCUT2D eigenvalue weighted by molar-refractivity contribution is 5.83. The molecule has 2 nitrogen and oxygen atoms in total. The van der Waals surface area contributed by atoms with Gasteiger partial charge in [-0.05, 0) is 47.6 Å². The van der Waals surface area contributed by atoms with E-state index in [2.05, 4.69) is 31.2 Å². The van der Waals surface area contributed by atoms with Crippen LogP contribution in [0.25, 0.3) is 11.1 Å². The molecule has 0 saturated heterocycles. The third-order valence-electron chi connectivity index (χ3n) is 4.99. The summed E-state index contributed by atoms with van der Waals surface area (Å²) < 4.78 is 0. The average Bonchev–Trinajstić information content (AvgIpc) is 3.06. The van der Waals surface area contributed by atoms with Crippen LogP contribution in [0.5, 0.6) is 0 Å². The Bertz CT molecular complexity index is 667. The highest BCUT2D eigenvalue weighted by Gasteiger charge is 2.43. The third kappa shape index (κ3) is 2.43. The number of hydrogen-bond acceptors (Lipinski definition) is 1. The Morgan fingerprint density at radius 3 is 2.36 bits per heavy atom. The fraction of sp³-hybridized carbons (Fsp3) is 0.350. The van der Waals surface area contributed by atoms with Gasteiger partial charge in [0, 0.05) is 0 Å². The van der Waals surface area contributed by atoms with Crippen LogP contribution in [0.1, 0.15) is 43.7 Å². The second kappa shape index (κ2) is 5.96. The number of rotatable bonds is 4. The predicted octanol–water partition coefficient (Wildman–Crippen LogP) is 4.81. The van der Waals surface area contributed by atoms with Crippen LogP contribution < -0.4 is 0 Å². The van der Waals surface area contributed by atoms with Gasteiger partial charge in [-0.15, -0.1) is 0 Å². The van der Waals surface area contributed by atoms with Crippen molar-refractivity contribution in [2.45, 2.75) is 44.4 Å². The molecule has 0 radical (unpaired) electrons. The van der Waals surface area contributed by atoms with Crippen molar-refractivity contribution in [3.8, 4) is 11.1 Å². The number of carboxylic acids is 1. The molecular weight excluding hydrogens is 272 g/mol. The van der Waals surface area contributed by atoms with Crippen molar-refractivity contribution in [3.63, 3.8) is 0 Å². The minimum absolute atomic E-state index is 0.673. The second-order valence-corrected chi connectivity index (χ2v) is 6.19. The van der Waals surface area contributed by atoms with Crippen LogP contribution in [0.2, 0.25) is 0 Å². The van der Waals surface area contributed by atoms with E-state index in [9.17, 15) is 9.90 Å². The summed E-state index contributed by atoms with van der Waals surface area (Å²) >= 11 is 0. The van der Waals surface area contributed by atoms with Crippen molar-refractivity contribution in [1.29, 1.82) is 0 Å². The van der Waals surface area contributed by atoms with Crippen LogP contribution in [-0.4, -0.2) is 11.1 Å². The summed E-state index contributed by atoms with van der Waals surface area (Å²) in [4.78, 5) is 11.9. The quantitative estimate of drug-likeness (QED) is 0.878. The number of aliphatic carboxylic acids is 1. The Morgan fingerprint density at radius 1 is 1.09 bits per heavy atom. The lowest BCUT2D eigenvalue weighted by molar-refractivity contribution is -0.143. The van der Waals surface area contributed by atoms with Crippen LogP contribution in [0.15, 0.2) is 48.5 Å². The number of carboxylic acid groups (broad SMARTS) is 1. The van der Waals surface area contributed by atoms with Crippen molar-refractivity contribution in [2.75, 3.05) is 0 Å². The maximum atomic E-state index is 11.9. The predicted molar refractivity (Wildman–Crippen MR) is 89.0 cm³/mol. The van der Waals surface area contributed by atoms with Crippen molar-refractivity contribution in [3.05, 3.63) is 59.7 Å². The van der Waals surface area contributed by atoms with E-state index in [1.54, 1.807) is 0 Å². The molecule has 1 aliphatic rings. The van der Waals surface area contributed by atoms with Crippen LogP contribution in [-0.2, 0) is 16.6 Å². The summed E-state index contributed by atoms with van der Waals surface area (Å²) in [5.41, 5.74) is 3.89. The molecule has 0 aliphatic heterocycles. The SMILES string of the molecule is CCc1ccc(C2(C(=O)O)CCCC2)cc1-c1ccccc1. The molecule has 1 fully saturated rings. The zero-order valence-corrected chi connectivity index (χ0v) is 13.0. The Balaban J connectivity index is 2.13. The zero-order valence-electron chi connectivity index (χ0n) is 13.0. The van der Waals surface area contributed by atoms with Gasteiger partial charge in [-0.1, -0.05) is 62.2 Å². The van der Waals surface area contributed by atoms with Crippen LogP contribution in [0.4, 0.5) is 0 Å². The molecule has 114 valence electrons. The van der Waals surface area contributed by atoms with E-state index in [-0.39, 0.29) is 0 Å². The van der Waals surface area contributed by atoms with Gasteiger partial charge in [0.05, 0.1) is 5.41 Å². The van der Waals surface area contributed by atoms with Gasteiger partial charge >= 0.3 is 5.97 Å². The van der Waals surface area contributed by atoms with Crippen LogP contribution >= 0.6 is 0 Å². The Labute approximate surface area is 131 Å². The normalized spacial score (nSPS) is 16.6. The lowest BCUT2D eigenvalue weighted by Crippen LogP contribution is -2.32. The van der Waals surface area contributed by atoms with E-state index in [0.29, 0.717) is 0 Å². The van der Waals surface area contributed by atoms with Gasteiger partial charge in [-0.25, -0.2) is 0 Å².